The van der Waals surface area contributed by atoms with E-state index in [0.717, 1.165) is 32.6 Å². The van der Waals surface area contributed by atoms with Crippen LogP contribution in [0.3, 0.4) is 0 Å². The number of piperidine rings is 1. The Hall–Kier alpha value is -0.570. The van der Waals surface area contributed by atoms with Gasteiger partial charge >= 0.3 is 0 Å². The van der Waals surface area contributed by atoms with E-state index < -0.39 is 0 Å². The van der Waals surface area contributed by atoms with Crippen LogP contribution in [0.15, 0.2) is 0 Å². The van der Waals surface area contributed by atoms with E-state index in [1.54, 1.807) is 0 Å². The maximum Gasteiger partial charge on any atom is 0.227 e. The maximum absolute atomic E-state index is 12.2. The SMILES string of the molecule is CC1CCCN(C(=O)C2CCN(C)C2)C1. The van der Waals surface area contributed by atoms with Gasteiger partial charge in [-0.2, -0.15) is 0 Å². The Morgan fingerprint density at radius 2 is 2.00 bits per heavy atom. The van der Waals surface area contributed by atoms with Crippen molar-refractivity contribution < 1.29 is 4.79 Å². The van der Waals surface area contributed by atoms with Crippen LogP contribution in [-0.2, 0) is 4.79 Å². The molecule has 2 heterocycles. The van der Waals surface area contributed by atoms with Crippen LogP contribution in [0.25, 0.3) is 0 Å². The molecule has 2 unspecified atom stereocenters. The van der Waals surface area contributed by atoms with E-state index >= 15 is 0 Å². The van der Waals surface area contributed by atoms with Crippen molar-refractivity contribution in [3.05, 3.63) is 0 Å². The summed E-state index contributed by atoms with van der Waals surface area (Å²) in [5, 5.41) is 0. The zero-order chi connectivity index (χ0) is 10.8. The summed E-state index contributed by atoms with van der Waals surface area (Å²) in [7, 11) is 2.10. The Balaban J connectivity index is 1.89. The van der Waals surface area contributed by atoms with Gasteiger partial charge < -0.3 is 9.80 Å². The lowest BCUT2D eigenvalue weighted by Crippen LogP contribution is -2.42. The lowest BCUT2D eigenvalue weighted by molar-refractivity contribution is -0.136. The van der Waals surface area contributed by atoms with Gasteiger partial charge in [0.2, 0.25) is 5.91 Å². The molecule has 0 aromatic carbocycles. The molecule has 2 saturated heterocycles. The normalized spacial score (nSPS) is 33.3. The van der Waals surface area contributed by atoms with Gasteiger partial charge in [-0.05, 0) is 38.8 Å². The molecule has 2 atom stereocenters. The number of amides is 1. The van der Waals surface area contributed by atoms with Gasteiger partial charge in [0, 0.05) is 19.6 Å². The largest absolute Gasteiger partial charge is 0.342 e. The second-order valence-electron chi connectivity index (χ2n) is 5.28. The molecule has 3 nitrogen and oxygen atoms in total. The molecule has 0 aliphatic carbocycles. The molecule has 2 aliphatic heterocycles. The highest BCUT2D eigenvalue weighted by atomic mass is 16.2. The summed E-state index contributed by atoms with van der Waals surface area (Å²) in [6, 6.07) is 0. The van der Waals surface area contributed by atoms with Crippen LogP contribution in [0, 0.1) is 11.8 Å². The van der Waals surface area contributed by atoms with Crippen molar-refractivity contribution in [1.82, 2.24) is 9.80 Å². The van der Waals surface area contributed by atoms with Gasteiger partial charge in [-0.3, -0.25) is 4.79 Å². The van der Waals surface area contributed by atoms with Crippen LogP contribution in [-0.4, -0.2) is 48.9 Å². The monoisotopic (exact) mass is 210 g/mol. The van der Waals surface area contributed by atoms with Crippen molar-refractivity contribution in [2.75, 3.05) is 33.2 Å². The molecule has 2 fully saturated rings. The van der Waals surface area contributed by atoms with Crippen molar-refractivity contribution >= 4 is 5.91 Å². The van der Waals surface area contributed by atoms with Crippen LogP contribution >= 0.6 is 0 Å². The van der Waals surface area contributed by atoms with Gasteiger partial charge in [0.1, 0.15) is 0 Å². The van der Waals surface area contributed by atoms with Crippen LogP contribution < -0.4 is 0 Å². The molecule has 2 rings (SSSR count). The third kappa shape index (κ3) is 2.51. The Kier molecular flexibility index (Phi) is 3.29. The average Bonchev–Trinajstić information content (AvgIpc) is 2.64. The summed E-state index contributed by atoms with van der Waals surface area (Å²) in [5.74, 6) is 1.38. The summed E-state index contributed by atoms with van der Waals surface area (Å²) in [6.45, 7) is 6.27. The fourth-order valence-corrected chi connectivity index (χ4v) is 2.78. The van der Waals surface area contributed by atoms with Gasteiger partial charge in [-0.25, -0.2) is 0 Å². The number of carbonyl (C=O) groups excluding carboxylic acids is 1. The molecular formula is C12H22N2O. The van der Waals surface area contributed by atoms with Crippen molar-refractivity contribution in [2.24, 2.45) is 11.8 Å². The molecule has 0 aromatic heterocycles. The Morgan fingerprint density at radius 3 is 2.60 bits per heavy atom. The average molecular weight is 210 g/mol. The third-order valence-corrected chi connectivity index (χ3v) is 3.71. The van der Waals surface area contributed by atoms with Crippen LogP contribution in [0.5, 0.6) is 0 Å². The van der Waals surface area contributed by atoms with Crippen LogP contribution in [0.1, 0.15) is 26.2 Å². The standard InChI is InChI=1S/C12H22N2O/c1-10-4-3-6-14(8-10)12(15)11-5-7-13(2)9-11/h10-11H,3-9H2,1-2H3. The molecule has 0 aromatic rings. The van der Waals surface area contributed by atoms with E-state index in [1.165, 1.54) is 12.8 Å². The highest BCUT2D eigenvalue weighted by Gasteiger charge is 2.31. The molecule has 2 aliphatic rings. The number of likely N-dealkylation sites (tertiary alicyclic amines) is 2. The van der Waals surface area contributed by atoms with Gasteiger partial charge in [0.05, 0.1) is 5.92 Å². The van der Waals surface area contributed by atoms with E-state index in [4.69, 9.17) is 0 Å². The highest BCUT2D eigenvalue weighted by Crippen LogP contribution is 2.21. The maximum atomic E-state index is 12.2. The first kappa shape index (κ1) is 10.9. The molecular weight excluding hydrogens is 188 g/mol. The van der Waals surface area contributed by atoms with Gasteiger partial charge in [0.15, 0.2) is 0 Å². The Bertz CT molecular complexity index is 242. The van der Waals surface area contributed by atoms with Crippen LogP contribution in [0.4, 0.5) is 0 Å². The molecule has 0 spiro atoms. The quantitative estimate of drug-likeness (QED) is 0.649. The number of hydrogen-bond donors (Lipinski definition) is 0. The summed E-state index contributed by atoms with van der Waals surface area (Å²) in [5.41, 5.74) is 0. The smallest absolute Gasteiger partial charge is 0.227 e. The summed E-state index contributed by atoms with van der Waals surface area (Å²) >= 11 is 0. The van der Waals surface area contributed by atoms with E-state index in [2.05, 4.69) is 23.8 Å². The van der Waals surface area contributed by atoms with E-state index in [0.29, 0.717) is 11.8 Å². The van der Waals surface area contributed by atoms with Crippen LogP contribution in [0.2, 0.25) is 0 Å². The minimum Gasteiger partial charge on any atom is -0.342 e. The molecule has 0 bridgehead atoms. The van der Waals surface area contributed by atoms with Crippen molar-refractivity contribution in [2.45, 2.75) is 26.2 Å². The third-order valence-electron chi connectivity index (χ3n) is 3.71. The number of carbonyl (C=O) groups is 1. The minimum absolute atomic E-state index is 0.278. The Labute approximate surface area is 92.4 Å². The van der Waals surface area contributed by atoms with E-state index in [9.17, 15) is 4.79 Å². The van der Waals surface area contributed by atoms with Crippen molar-refractivity contribution in [3.8, 4) is 0 Å². The zero-order valence-corrected chi connectivity index (χ0v) is 9.91. The van der Waals surface area contributed by atoms with E-state index in [-0.39, 0.29) is 5.92 Å². The van der Waals surface area contributed by atoms with Crippen molar-refractivity contribution in [3.63, 3.8) is 0 Å². The number of hydrogen-bond acceptors (Lipinski definition) is 2. The molecule has 0 saturated carbocycles. The second kappa shape index (κ2) is 4.52. The number of rotatable bonds is 1. The fraction of sp³-hybridized carbons (Fsp3) is 0.917. The van der Waals surface area contributed by atoms with Crippen molar-refractivity contribution in [1.29, 1.82) is 0 Å². The predicted molar refractivity (Wildman–Crippen MR) is 60.6 cm³/mol. The fourth-order valence-electron chi connectivity index (χ4n) is 2.78. The molecule has 0 radical (unpaired) electrons. The van der Waals surface area contributed by atoms with Gasteiger partial charge in [-0.15, -0.1) is 0 Å². The predicted octanol–water partition coefficient (Wildman–Crippen LogP) is 1.20. The first-order valence-electron chi connectivity index (χ1n) is 6.14. The molecule has 86 valence electrons. The van der Waals surface area contributed by atoms with Gasteiger partial charge in [-0.1, -0.05) is 6.92 Å². The first-order chi connectivity index (χ1) is 7.16. The lowest BCUT2D eigenvalue weighted by Gasteiger charge is -2.32. The minimum atomic E-state index is 0.278. The first-order valence-corrected chi connectivity index (χ1v) is 6.14. The molecule has 0 N–H and O–H groups in total. The summed E-state index contributed by atoms with van der Waals surface area (Å²) < 4.78 is 0. The lowest BCUT2D eigenvalue weighted by atomic mass is 9.98. The zero-order valence-electron chi connectivity index (χ0n) is 9.91. The van der Waals surface area contributed by atoms with Gasteiger partial charge in [0.25, 0.3) is 0 Å². The van der Waals surface area contributed by atoms with E-state index in [1.807, 2.05) is 0 Å². The molecule has 15 heavy (non-hydrogen) atoms. The number of nitrogens with zero attached hydrogens (tertiary/aromatic N) is 2. The summed E-state index contributed by atoms with van der Waals surface area (Å²) in [4.78, 5) is 16.5. The topological polar surface area (TPSA) is 23.6 Å². The summed E-state index contributed by atoms with van der Waals surface area (Å²) in [6.07, 6.45) is 3.53. The highest BCUT2D eigenvalue weighted by molar-refractivity contribution is 5.79. The Morgan fingerprint density at radius 1 is 1.20 bits per heavy atom. The second-order valence-corrected chi connectivity index (χ2v) is 5.28. The molecule has 3 heteroatoms. The molecule has 1 amide bonds.